The molecule has 0 fully saturated rings. The molecule has 1 spiro atoms. The van der Waals surface area contributed by atoms with E-state index in [4.69, 9.17) is 15.5 Å². The third kappa shape index (κ3) is 3.02. The van der Waals surface area contributed by atoms with Gasteiger partial charge in [-0.25, -0.2) is 15.0 Å². The van der Waals surface area contributed by atoms with E-state index in [1.54, 1.807) is 48.7 Å². The second kappa shape index (κ2) is 7.76. The van der Waals surface area contributed by atoms with Gasteiger partial charge in [-0.15, -0.1) is 0 Å². The van der Waals surface area contributed by atoms with E-state index in [1.807, 2.05) is 30.3 Å². The van der Waals surface area contributed by atoms with Crippen LogP contribution in [0, 0.1) is 11.9 Å². The molecule has 0 aliphatic carbocycles. The van der Waals surface area contributed by atoms with Gasteiger partial charge in [0, 0.05) is 34.6 Å². The van der Waals surface area contributed by atoms with Crippen LogP contribution in [0.25, 0.3) is 22.4 Å². The first-order valence-electron chi connectivity index (χ1n) is 11.6. The molecule has 1 unspecified atom stereocenters. The zero-order chi connectivity index (χ0) is 25.1. The lowest BCUT2D eigenvalue weighted by Gasteiger charge is -2.36. The summed E-state index contributed by atoms with van der Waals surface area (Å²) in [5.41, 5.74) is 9.88. The SMILES string of the molecule is NC1=NC2(c3cc(-c4cccnc4F)ccc3Oc3cnc(-c4cccnc4F)cc32)c2ccccc21. The molecule has 1 atom stereocenters. The number of halogens is 2. The predicted molar refractivity (Wildman–Crippen MR) is 134 cm³/mol. The monoisotopic (exact) mass is 489 g/mol. The van der Waals surface area contributed by atoms with Crippen molar-refractivity contribution >= 4 is 5.84 Å². The Bertz CT molecular complexity index is 1670. The normalized spacial score (nSPS) is 17.0. The van der Waals surface area contributed by atoms with Gasteiger partial charge in [0.05, 0.1) is 17.5 Å². The molecule has 0 saturated heterocycles. The smallest absolute Gasteiger partial charge is 0.222 e. The Labute approximate surface area is 210 Å². The van der Waals surface area contributed by atoms with Crippen LogP contribution < -0.4 is 10.5 Å². The minimum Gasteiger partial charge on any atom is -0.455 e. The number of hydrogen-bond acceptors (Lipinski definition) is 6. The second-order valence-corrected chi connectivity index (χ2v) is 8.82. The Morgan fingerprint density at radius 2 is 1.38 bits per heavy atom. The minimum absolute atomic E-state index is 0.251. The van der Waals surface area contributed by atoms with E-state index < -0.39 is 17.4 Å². The number of aromatic nitrogens is 3. The Kier molecular flexibility index (Phi) is 4.47. The van der Waals surface area contributed by atoms with Gasteiger partial charge in [0.2, 0.25) is 11.9 Å². The summed E-state index contributed by atoms with van der Waals surface area (Å²) in [4.78, 5) is 17.0. The Hall–Kier alpha value is -4.98. The highest BCUT2D eigenvalue weighted by Gasteiger charge is 2.49. The summed E-state index contributed by atoms with van der Waals surface area (Å²) in [7, 11) is 0. The van der Waals surface area contributed by atoms with Gasteiger partial charge in [0.25, 0.3) is 0 Å². The van der Waals surface area contributed by atoms with Crippen LogP contribution in [0.15, 0.2) is 96.4 Å². The van der Waals surface area contributed by atoms with Gasteiger partial charge in [0.1, 0.15) is 17.1 Å². The zero-order valence-electron chi connectivity index (χ0n) is 19.2. The number of rotatable bonds is 2. The van der Waals surface area contributed by atoms with Crippen molar-refractivity contribution in [2.45, 2.75) is 5.54 Å². The molecule has 2 N–H and O–H groups in total. The molecule has 0 radical (unpaired) electrons. The van der Waals surface area contributed by atoms with E-state index in [2.05, 4.69) is 15.0 Å². The van der Waals surface area contributed by atoms with E-state index in [9.17, 15) is 8.78 Å². The van der Waals surface area contributed by atoms with Crippen molar-refractivity contribution in [1.82, 2.24) is 15.0 Å². The van der Waals surface area contributed by atoms with Crippen molar-refractivity contribution in [2.75, 3.05) is 0 Å². The van der Waals surface area contributed by atoms with Gasteiger partial charge >= 0.3 is 0 Å². The van der Waals surface area contributed by atoms with Crippen molar-refractivity contribution in [3.63, 3.8) is 0 Å². The molecule has 6 nitrogen and oxygen atoms in total. The number of fused-ring (bicyclic) bond motifs is 6. The standard InChI is InChI=1S/C29H17F2N5O/c30-26-17(6-3-11-33-26)16-9-10-24-21(13-16)29(20-8-2-1-5-18(20)28(32)36-29)22-14-23(35-15-25(22)37-24)19-7-4-12-34-27(19)31/h1-15H,(H2,32,36). The van der Waals surface area contributed by atoms with Crippen LogP contribution in [0.5, 0.6) is 11.5 Å². The highest BCUT2D eigenvalue weighted by Crippen LogP contribution is 2.56. The summed E-state index contributed by atoms with van der Waals surface area (Å²) < 4.78 is 35.5. The molecule has 0 bridgehead atoms. The fourth-order valence-electron chi connectivity index (χ4n) is 5.20. The second-order valence-electron chi connectivity index (χ2n) is 8.82. The van der Waals surface area contributed by atoms with Crippen molar-refractivity contribution < 1.29 is 13.5 Å². The lowest BCUT2D eigenvalue weighted by atomic mass is 9.75. The van der Waals surface area contributed by atoms with Crippen LogP contribution in [0.3, 0.4) is 0 Å². The van der Waals surface area contributed by atoms with E-state index in [0.29, 0.717) is 45.3 Å². The average molecular weight is 489 g/mol. The summed E-state index contributed by atoms with van der Waals surface area (Å²) >= 11 is 0. The maximum atomic E-state index is 14.7. The van der Waals surface area contributed by atoms with Crippen LogP contribution >= 0.6 is 0 Å². The minimum atomic E-state index is -1.12. The number of ether oxygens (including phenoxy) is 1. The number of nitrogens with zero attached hydrogens (tertiary/aromatic N) is 4. The largest absolute Gasteiger partial charge is 0.455 e. The molecule has 5 aromatic rings. The van der Waals surface area contributed by atoms with Gasteiger partial charge in [-0.3, -0.25) is 4.98 Å². The fraction of sp³-hybridized carbons (Fsp3) is 0.0345. The molecular formula is C29H17F2N5O. The first kappa shape index (κ1) is 21.3. The van der Waals surface area contributed by atoms with E-state index >= 15 is 0 Å². The summed E-state index contributed by atoms with van der Waals surface area (Å²) in [5.74, 6) is 0.149. The van der Waals surface area contributed by atoms with Gasteiger partial charge in [-0.1, -0.05) is 30.3 Å². The molecular weight excluding hydrogens is 472 g/mol. The summed E-state index contributed by atoms with van der Waals surface area (Å²) in [5, 5.41) is 0. The van der Waals surface area contributed by atoms with Crippen LogP contribution in [0.1, 0.15) is 22.3 Å². The Balaban J connectivity index is 1.54. The third-order valence-corrected chi connectivity index (χ3v) is 6.83. The number of hydrogen-bond donors (Lipinski definition) is 1. The Morgan fingerprint density at radius 3 is 2.16 bits per heavy atom. The van der Waals surface area contributed by atoms with Crippen molar-refractivity contribution in [3.8, 4) is 33.9 Å². The maximum absolute atomic E-state index is 14.7. The summed E-state index contributed by atoms with van der Waals surface area (Å²) in [6.45, 7) is 0. The molecule has 5 heterocycles. The molecule has 7 rings (SSSR count). The number of amidine groups is 1. The van der Waals surface area contributed by atoms with Gasteiger partial charge < -0.3 is 10.5 Å². The molecule has 178 valence electrons. The predicted octanol–water partition coefficient (Wildman–Crippen LogP) is 5.60. The lowest BCUT2D eigenvalue weighted by molar-refractivity contribution is 0.422. The molecule has 0 amide bonds. The summed E-state index contributed by atoms with van der Waals surface area (Å²) in [6.07, 6.45) is 4.35. The van der Waals surface area contributed by atoms with Gasteiger partial charge in [-0.2, -0.15) is 8.78 Å². The lowest BCUT2D eigenvalue weighted by Crippen LogP contribution is -2.30. The quantitative estimate of drug-likeness (QED) is 0.326. The van der Waals surface area contributed by atoms with Crippen molar-refractivity contribution in [1.29, 1.82) is 0 Å². The van der Waals surface area contributed by atoms with Crippen LogP contribution in [-0.4, -0.2) is 20.8 Å². The molecule has 37 heavy (non-hydrogen) atoms. The number of benzene rings is 2. The third-order valence-electron chi connectivity index (χ3n) is 6.83. The highest BCUT2D eigenvalue weighted by molar-refractivity contribution is 6.03. The van der Waals surface area contributed by atoms with E-state index in [-0.39, 0.29) is 5.56 Å². The number of aliphatic imine (C=N–C) groups is 1. The zero-order valence-corrected chi connectivity index (χ0v) is 19.2. The topological polar surface area (TPSA) is 86.3 Å². The van der Waals surface area contributed by atoms with Gasteiger partial charge in [0.15, 0.2) is 5.75 Å². The molecule has 2 aromatic carbocycles. The Morgan fingerprint density at radius 1 is 0.676 bits per heavy atom. The number of pyridine rings is 3. The first-order valence-corrected chi connectivity index (χ1v) is 11.6. The van der Waals surface area contributed by atoms with Crippen LogP contribution in [0.2, 0.25) is 0 Å². The molecule has 0 saturated carbocycles. The highest BCUT2D eigenvalue weighted by atomic mass is 19.1. The van der Waals surface area contributed by atoms with Crippen molar-refractivity contribution in [3.05, 3.63) is 126 Å². The maximum Gasteiger partial charge on any atom is 0.222 e. The first-order chi connectivity index (χ1) is 18.1. The molecule has 2 aliphatic heterocycles. The van der Waals surface area contributed by atoms with Crippen molar-refractivity contribution in [2.24, 2.45) is 10.7 Å². The van der Waals surface area contributed by atoms with E-state index in [0.717, 1.165) is 11.1 Å². The summed E-state index contributed by atoms with van der Waals surface area (Å²) in [6, 6.07) is 21.5. The van der Waals surface area contributed by atoms with Gasteiger partial charge in [-0.05, 0) is 53.6 Å². The molecule has 8 heteroatoms. The number of nitrogens with two attached hydrogens (primary N) is 1. The average Bonchev–Trinajstić information content (AvgIpc) is 3.22. The van der Waals surface area contributed by atoms with Crippen LogP contribution in [0.4, 0.5) is 8.78 Å². The molecule has 3 aromatic heterocycles. The van der Waals surface area contributed by atoms with E-state index in [1.165, 1.54) is 12.4 Å². The molecule has 2 aliphatic rings. The van der Waals surface area contributed by atoms with Crippen LogP contribution in [-0.2, 0) is 5.54 Å². The fourth-order valence-corrected chi connectivity index (χ4v) is 5.20.